The first-order valence-corrected chi connectivity index (χ1v) is 6.87. The highest BCUT2D eigenvalue weighted by molar-refractivity contribution is 7.90. The Balaban J connectivity index is 2.81. The number of hydrogen-bond acceptors (Lipinski definition) is 5. The number of aromatic carboxylic acids is 1. The number of carbonyl (C=O) groups is 1. The summed E-state index contributed by atoms with van der Waals surface area (Å²) in [4.78, 5) is 14.7. The van der Waals surface area contributed by atoms with Gasteiger partial charge in [-0.15, -0.1) is 0 Å². The molecular weight excluding hydrogens is 246 g/mol. The number of carboxylic acids is 1. The Morgan fingerprint density at radius 2 is 2.12 bits per heavy atom. The molecule has 0 aliphatic rings. The predicted octanol–water partition coefficient (Wildman–Crippen LogP) is 0.512. The molecule has 17 heavy (non-hydrogen) atoms. The summed E-state index contributed by atoms with van der Waals surface area (Å²) in [7, 11) is -3.13. The van der Waals surface area contributed by atoms with Crippen molar-refractivity contribution < 1.29 is 23.1 Å². The summed E-state index contributed by atoms with van der Waals surface area (Å²) in [5.41, 5.74) is 0.344. The van der Waals surface area contributed by atoms with Gasteiger partial charge in [0.25, 0.3) is 0 Å². The van der Waals surface area contributed by atoms with Crippen LogP contribution in [-0.4, -0.2) is 43.1 Å². The molecule has 1 heterocycles. The van der Waals surface area contributed by atoms with Crippen molar-refractivity contribution in [2.24, 2.45) is 0 Å². The van der Waals surface area contributed by atoms with E-state index in [1.165, 1.54) is 6.07 Å². The maximum atomic E-state index is 10.9. The van der Waals surface area contributed by atoms with Crippen molar-refractivity contribution in [2.75, 3.05) is 18.6 Å². The highest BCUT2D eigenvalue weighted by Gasteiger charge is 2.14. The third kappa shape index (κ3) is 4.39. The zero-order chi connectivity index (χ0) is 13.1. The van der Waals surface area contributed by atoms with Gasteiger partial charge in [-0.3, -0.25) is 0 Å². The number of nitrogens with zero attached hydrogens (tertiary/aromatic N) is 1. The molecule has 0 saturated heterocycles. The van der Waals surface area contributed by atoms with E-state index in [-0.39, 0.29) is 23.8 Å². The maximum absolute atomic E-state index is 10.9. The lowest BCUT2D eigenvalue weighted by molar-refractivity contribution is 0.0685. The molecule has 0 spiro atoms. The summed E-state index contributed by atoms with van der Waals surface area (Å²) in [5, 5.41) is 8.89. The molecule has 0 saturated carbocycles. The van der Waals surface area contributed by atoms with Crippen LogP contribution in [0.3, 0.4) is 0 Å². The van der Waals surface area contributed by atoms with E-state index in [2.05, 4.69) is 4.98 Å². The van der Waals surface area contributed by atoms with Crippen LogP contribution in [0.2, 0.25) is 0 Å². The number of carboxylic acid groups (broad SMARTS) is 1. The molecule has 94 valence electrons. The zero-order valence-electron chi connectivity index (χ0n) is 9.50. The molecule has 7 heteroatoms. The first-order valence-electron chi connectivity index (χ1n) is 4.81. The monoisotopic (exact) mass is 259 g/mol. The number of aromatic nitrogens is 1. The highest BCUT2D eigenvalue weighted by atomic mass is 32.2. The normalized spacial score (nSPS) is 11.2. The van der Waals surface area contributed by atoms with Crippen LogP contribution in [0.4, 0.5) is 0 Å². The first-order chi connectivity index (χ1) is 7.79. The minimum Gasteiger partial charge on any atom is -0.490 e. The van der Waals surface area contributed by atoms with Crippen molar-refractivity contribution in [3.05, 3.63) is 23.5 Å². The van der Waals surface area contributed by atoms with E-state index in [4.69, 9.17) is 9.84 Å². The summed E-state index contributed by atoms with van der Waals surface area (Å²) < 4.78 is 26.9. The Morgan fingerprint density at radius 1 is 1.47 bits per heavy atom. The SMILES string of the molecule is Cc1ccc(OCCS(C)(=O)=O)c(C(=O)O)n1. The van der Waals surface area contributed by atoms with Crippen molar-refractivity contribution >= 4 is 15.8 Å². The van der Waals surface area contributed by atoms with Gasteiger partial charge in [-0.1, -0.05) is 0 Å². The van der Waals surface area contributed by atoms with Crippen molar-refractivity contribution in [3.8, 4) is 5.75 Å². The van der Waals surface area contributed by atoms with Gasteiger partial charge in [0.1, 0.15) is 6.61 Å². The predicted molar refractivity (Wildman–Crippen MR) is 61.1 cm³/mol. The van der Waals surface area contributed by atoms with Crippen molar-refractivity contribution in [1.29, 1.82) is 0 Å². The lowest BCUT2D eigenvalue weighted by atomic mass is 10.3. The van der Waals surface area contributed by atoms with E-state index in [1.807, 2.05) is 0 Å². The summed E-state index contributed by atoms with van der Waals surface area (Å²) in [5.74, 6) is -1.30. The van der Waals surface area contributed by atoms with Crippen LogP contribution < -0.4 is 4.74 Å². The fraction of sp³-hybridized carbons (Fsp3) is 0.400. The number of sulfone groups is 1. The Labute approximate surface area is 99.2 Å². The molecule has 0 unspecified atom stereocenters. The number of pyridine rings is 1. The van der Waals surface area contributed by atoms with E-state index in [0.29, 0.717) is 5.69 Å². The van der Waals surface area contributed by atoms with Crippen molar-refractivity contribution in [1.82, 2.24) is 4.98 Å². The van der Waals surface area contributed by atoms with Crippen LogP contribution in [0.25, 0.3) is 0 Å². The van der Waals surface area contributed by atoms with Crippen LogP contribution in [0.1, 0.15) is 16.2 Å². The fourth-order valence-corrected chi connectivity index (χ4v) is 1.50. The largest absolute Gasteiger partial charge is 0.490 e. The van der Waals surface area contributed by atoms with Gasteiger partial charge in [-0.25, -0.2) is 18.2 Å². The molecule has 0 radical (unpaired) electrons. The minimum absolute atomic E-state index is 0.0757. The van der Waals surface area contributed by atoms with Gasteiger partial charge < -0.3 is 9.84 Å². The summed E-state index contributed by atoms with van der Waals surface area (Å²) >= 11 is 0. The molecule has 6 nitrogen and oxygen atoms in total. The Bertz CT molecular complexity index is 523. The van der Waals surface area contributed by atoms with Gasteiger partial charge in [0.15, 0.2) is 21.3 Å². The number of hydrogen-bond donors (Lipinski definition) is 1. The molecule has 0 aliphatic heterocycles. The first kappa shape index (κ1) is 13.4. The van der Waals surface area contributed by atoms with Crippen LogP contribution >= 0.6 is 0 Å². The van der Waals surface area contributed by atoms with Gasteiger partial charge in [0.2, 0.25) is 0 Å². The quantitative estimate of drug-likeness (QED) is 0.828. The summed E-state index contributed by atoms with van der Waals surface area (Å²) in [6.45, 7) is 1.57. The number of aryl methyl sites for hydroxylation is 1. The Kier molecular flexibility index (Phi) is 4.06. The highest BCUT2D eigenvalue weighted by Crippen LogP contribution is 2.16. The molecule has 1 N–H and O–H groups in total. The fourth-order valence-electron chi connectivity index (χ4n) is 1.12. The molecule has 0 bridgehead atoms. The van der Waals surface area contributed by atoms with Crippen molar-refractivity contribution in [3.63, 3.8) is 0 Å². The van der Waals surface area contributed by atoms with E-state index in [1.54, 1.807) is 13.0 Å². The standard InChI is InChI=1S/C10H13NO5S/c1-7-3-4-8(9(11-7)10(12)13)16-5-6-17(2,14)15/h3-4H,5-6H2,1-2H3,(H,12,13). The molecule has 0 aliphatic carbocycles. The topological polar surface area (TPSA) is 93.6 Å². The molecule has 1 aromatic heterocycles. The second kappa shape index (κ2) is 5.13. The second-order valence-corrected chi connectivity index (χ2v) is 5.84. The van der Waals surface area contributed by atoms with Crippen LogP contribution in [-0.2, 0) is 9.84 Å². The minimum atomic E-state index is -3.13. The maximum Gasteiger partial charge on any atom is 0.358 e. The molecule has 1 aromatic rings. The van der Waals surface area contributed by atoms with Crippen LogP contribution in [0.5, 0.6) is 5.75 Å². The van der Waals surface area contributed by atoms with Gasteiger partial charge >= 0.3 is 5.97 Å². The summed E-state index contributed by atoms with van der Waals surface area (Å²) in [6, 6.07) is 3.07. The second-order valence-electron chi connectivity index (χ2n) is 3.58. The van der Waals surface area contributed by atoms with Crippen molar-refractivity contribution in [2.45, 2.75) is 6.92 Å². The smallest absolute Gasteiger partial charge is 0.358 e. The molecule has 0 atom stereocenters. The van der Waals surface area contributed by atoms with Gasteiger partial charge in [0.05, 0.1) is 5.75 Å². The lowest BCUT2D eigenvalue weighted by Crippen LogP contribution is -2.14. The number of rotatable bonds is 5. The van der Waals surface area contributed by atoms with Crippen LogP contribution in [0, 0.1) is 6.92 Å². The average Bonchev–Trinajstić information content (AvgIpc) is 2.18. The molecule has 0 amide bonds. The zero-order valence-corrected chi connectivity index (χ0v) is 10.3. The van der Waals surface area contributed by atoms with E-state index < -0.39 is 15.8 Å². The van der Waals surface area contributed by atoms with Crippen LogP contribution in [0.15, 0.2) is 12.1 Å². The van der Waals surface area contributed by atoms with Gasteiger partial charge in [-0.05, 0) is 19.1 Å². The van der Waals surface area contributed by atoms with E-state index in [9.17, 15) is 13.2 Å². The number of ether oxygens (including phenoxy) is 1. The molecule has 1 rings (SSSR count). The molecule has 0 fully saturated rings. The van der Waals surface area contributed by atoms with E-state index >= 15 is 0 Å². The average molecular weight is 259 g/mol. The lowest BCUT2D eigenvalue weighted by Gasteiger charge is -2.08. The third-order valence-electron chi connectivity index (χ3n) is 1.91. The third-order valence-corrected chi connectivity index (χ3v) is 2.82. The van der Waals surface area contributed by atoms with E-state index in [0.717, 1.165) is 6.26 Å². The van der Waals surface area contributed by atoms with Gasteiger partial charge in [-0.2, -0.15) is 0 Å². The summed E-state index contributed by atoms with van der Waals surface area (Å²) in [6.07, 6.45) is 1.09. The Hall–Kier alpha value is -1.63. The molecule has 0 aromatic carbocycles. The molecular formula is C10H13NO5S. The van der Waals surface area contributed by atoms with Gasteiger partial charge in [0, 0.05) is 11.9 Å². The Morgan fingerprint density at radius 3 is 2.65 bits per heavy atom.